The van der Waals surface area contributed by atoms with Crippen molar-refractivity contribution in [2.24, 2.45) is 40.4 Å². The van der Waals surface area contributed by atoms with Crippen molar-refractivity contribution in [2.75, 3.05) is 13.1 Å². The number of aliphatic hydroxyl groups is 1. The molecule has 1 aliphatic heterocycles. The second-order valence-corrected chi connectivity index (χ2v) is 10.5. The Morgan fingerprint density at radius 3 is 2.84 bits per heavy atom. The molecule has 3 nitrogen and oxygen atoms in total. The van der Waals surface area contributed by atoms with Crippen LogP contribution in [0, 0.1) is 40.4 Å². The van der Waals surface area contributed by atoms with Gasteiger partial charge in [-0.2, -0.15) is 0 Å². The maximum atomic E-state index is 13.7. The lowest BCUT2D eigenvalue weighted by Crippen LogP contribution is -2.73. The smallest absolute Gasteiger partial charge is 0.141 e. The zero-order valence-corrected chi connectivity index (χ0v) is 15.6. The number of hydrogen-bond donors (Lipinski definition) is 1. The molecule has 6 rings (SSSR count). The first-order valence-electron chi connectivity index (χ1n) is 10.6. The Balaban J connectivity index is 1.64. The Morgan fingerprint density at radius 1 is 1.28 bits per heavy atom. The number of fused-ring (bicyclic) bond motifs is 2. The molecule has 5 aliphatic carbocycles. The van der Waals surface area contributed by atoms with Crippen LogP contribution >= 0.6 is 0 Å². The fraction of sp³-hybridized carbons (Fsp3) is 0.864. The molecule has 136 valence electrons. The first kappa shape index (κ1) is 15.4. The van der Waals surface area contributed by atoms with Crippen LogP contribution in [0.2, 0.25) is 0 Å². The molecule has 0 radical (unpaired) electrons. The van der Waals surface area contributed by atoms with Gasteiger partial charge in [0.1, 0.15) is 5.78 Å². The van der Waals surface area contributed by atoms with Gasteiger partial charge in [0.2, 0.25) is 0 Å². The number of hydrogen-bond acceptors (Lipinski definition) is 3. The van der Waals surface area contributed by atoms with E-state index in [2.05, 4.69) is 25.3 Å². The molecule has 1 spiro atoms. The Labute approximate surface area is 150 Å². The van der Waals surface area contributed by atoms with E-state index in [0.717, 1.165) is 51.6 Å². The van der Waals surface area contributed by atoms with Gasteiger partial charge in [0.15, 0.2) is 0 Å². The zero-order valence-electron chi connectivity index (χ0n) is 15.6. The highest BCUT2D eigenvalue weighted by Gasteiger charge is 2.81. The monoisotopic (exact) mass is 341 g/mol. The van der Waals surface area contributed by atoms with Crippen LogP contribution in [-0.4, -0.2) is 40.5 Å². The summed E-state index contributed by atoms with van der Waals surface area (Å²) >= 11 is 0. The molecule has 1 heterocycles. The summed E-state index contributed by atoms with van der Waals surface area (Å²) in [6.45, 7) is 11.3. The van der Waals surface area contributed by atoms with Crippen molar-refractivity contribution < 1.29 is 9.90 Å². The number of ketones is 1. The summed E-state index contributed by atoms with van der Waals surface area (Å²) in [4.78, 5) is 16.3. The topological polar surface area (TPSA) is 40.5 Å². The van der Waals surface area contributed by atoms with Crippen molar-refractivity contribution in [3.05, 3.63) is 12.2 Å². The molecule has 0 aromatic rings. The van der Waals surface area contributed by atoms with Crippen molar-refractivity contribution in [3.63, 3.8) is 0 Å². The van der Waals surface area contributed by atoms with E-state index in [1.165, 1.54) is 5.57 Å². The normalized spacial score (nSPS) is 61.7. The van der Waals surface area contributed by atoms with Crippen molar-refractivity contribution in [1.82, 2.24) is 4.90 Å². The molecule has 6 fully saturated rings. The van der Waals surface area contributed by atoms with Crippen LogP contribution in [0.5, 0.6) is 0 Å². The number of likely N-dealkylation sites (tertiary alicyclic amines) is 1. The molecule has 0 amide bonds. The minimum absolute atomic E-state index is 0.176. The van der Waals surface area contributed by atoms with E-state index in [9.17, 15) is 9.90 Å². The van der Waals surface area contributed by atoms with Crippen LogP contribution in [0.3, 0.4) is 0 Å². The molecule has 0 aromatic carbocycles. The average molecular weight is 341 g/mol. The van der Waals surface area contributed by atoms with Gasteiger partial charge in [-0.05, 0) is 61.8 Å². The third-order valence-electron chi connectivity index (χ3n) is 10.1. The van der Waals surface area contributed by atoms with Crippen LogP contribution in [0.4, 0.5) is 0 Å². The lowest BCUT2D eigenvalue weighted by molar-refractivity contribution is -0.206. The number of nitrogens with zero attached hydrogens (tertiary/aromatic N) is 1. The number of piperidine rings is 1. The van der Waals surface area contributed by atoms with Gasteiger partial charge in [0.05, 0.1) is 11.0 Å². The van der Waals surface area contributed by atoms with Crippen LogP contribution in [0.15, 0.2) is 12.2 Å². The minimum Gasteiger partial charge on any atom is -0.389 e. The summed E-state index contributed by atoms with van der Waals surface area (Å²) in [6.07, 6.45) is 6.03. The summed E-state index contributed by atoms with van der Waals surface area (Å²) in [5, 5.41) is 12.0. The third-order valence-corrected chi connectivity index (χ3v) is 10.1. The lowest BCUT2D eigenvalue weighted by Gasteiger charge is -2.66. The van der Waals surface area contributed by atoms with E-state index < -0.39 is 5.60 Å². The molecule has 9 atom stereocenters. The Hall–Kier alpha value is -0.670. The van der Waals surface area contributed by atoms with E-state index in [-0.39, 0.29) is 22.7 Å². The molecule has 7 bridgehead atoms. The quantitative estimate of drug-likeness (QED) is 0.745. The second kappa shape index (κ2) is 4.25. The van der Waals surface area contributed by atoms with Crippen molar-refractivity contribution in [3.8, 4) is 0 Å². The molecule has 5 saturated carbocycles. The molecule has 1 N–H and O–H groups in total. The first-order chi connectivity index (χ1) is 11.9. The van der Waals surface area contributed by atoms with Crippen molar-refractivity contribution in [2.45, 2.75) is 64.0 Å². The third kappa shape index (κ3) is 1.36. The van der Waals surface area contributed by atoms with E-state index in [1.54, 1.807) is 0 Å². The molecule has 9 unspecified atom stereocenters. The highest BCUT2D eigenvalue weighted by atomic mass is 16.3. The van der Waals surface area contributed by atoms with Gasteiger partial charge in [-0.15, -0.1) is 0 Å². The summed E-state index contributed by atoms with van der Waals surface area (Å²) < 4.78 is 0. The molecule has 3 heteroatoms. The first-order valence-corrected chi connectivity index (χ1v) is 10.6. The summed E-state index contributed by atoms with van der Waals surface area (Å²) in [5.74, 6) is 2.42. The van der Waals surface area contributed by atoms with Crippen molar-refractivity contribution in [1.29, 1.82) is 0 Å². The summed E-state index contributed by atoms with van der Waals surface area (Å²) in [5.41, 5.74) is 0.779. The number of carbonyl (C=O) groups excluding carboxylic acids is 1. The summed E-state index contributed by atoms with van der Waals surface area (Å²) in [7, 11) is 0. The fourth-order valence-corrected chi connectivity index (χ4v) is 9.43. The van der Waals surface area contributed by atoms with Crippen LogP contribution in [0.25, 0.3) is 0 Å². The van der Waals surface area contributed by atoms with Gasteiger partial charge < -0.3 is 5.11 Å². The predicted molar refractivity (Wildman–Crippen MR) is 95.8 cm³/mol. The summed E-state index contributed by atoms with van der Waals surface area (Å²) in [6, 6.07) is 0.291. The van der Waals surface area contributed by atoms with Crippen LogP contribution < -0.4 is 0 Å². The van der Waals surface area contributed by atoms with E-state index in [0.29, 0.717) is 29.6 Å². The largest absolute Gasteiger partial charge is 0.389 e. The molecular formula is C22H31NO2. The standard InChI is InChI=1S/C22H31NO2/c1-4-23-11-20(3)7-6-17(24)22-14-9-13-5-8-21(25,18(14)12(13)2)15(19(22)23)10-16(20)22/h13-16,18-19,25H,2,4-11H2,1,3H3. The molecule has 25 heavy (non-hydrogen) atoms. The lowest BCUT2D eigenvalue weighted by atomic mass is 9.44. The molecular weight excluding hydrogens is 310 g/mol. The van der Waals surface area contributed by atoms with Gasteiger partial charge >= 0.3 is 0 Å². The van der Waals surface area contributed by atoms with Gasteiger partial charge in [0, 0.05) is 30.8 Å². The van der Waals surface area contributed by atoms with Gasteiger partial charge in [-0.3, -0.25) is 9.69 Å². The van der Waals surface area contributed by atoms with E-state index >= 15 is 0 Å². The maximum absolute atomic E-state index is 13.7. The predicted octanol–water partition coefficient (Wildman–Crippen LogP) is 3.03. The van der Waals surface area contributed by atoms with Crippen molar-refractivity contribution >= 4 is 5.78 Å². The minimum atomic E-state index is -0.596. The number of rotatable bonds is 1. The highest BCUT2D eigenvalue weighted by molar-refractivity contribution is 5.89. The second-order valence-electron chi connectivity index (χ2n) is 10.5. The number of carbonyl (C=O) groups is 1. The van der Waals surface area contributed by atoms with Gasteiger partial charge in [-0.1, -0.05) is 26.0 Å². The van der Waals surface area contributed by atoms with E-state index in [1.807, 2.05) is 0 Å². The SMILES string of the molecule is C=C1C2CCC3(O)C4CC5C6(C)CCC(=O)C5(C(C2)C13)C4N(CC)C6. The Kier molecular flexibility index (Phi) is 2.62. The molecule has 1 saturated heterocycles. The van der Waals surface area contributed by atoms with Gasteiger partial charge in [0.25, 0.3) is 0 Å². The van der Waals surface area contributed by atoms with Crippen LogP contribution in [-0.2, 0) is 4.79 Å². The van der Waals surface area contributed by atoms with Crippen LogP contribution in [0.1, 0.15) is 52.4 Å². The molecule has 6 aliphatic rings. The molecule has 0 aromatic heterocycles. The van der Waals surface area contributed by atoms with E-state index in [4.69, 9.17) is 0 Å². The Bertz CT molecular complexity index is 702. The van der Waals surface area contributed by atoms with Gasteiger partial charge in [-0.25, -0.2) is 0 Å². The maximum Gasteiger partial charge on any atom is 0.141 e. The average Bonchev–Trinajstić information content (AvgIpc) is 3.00. The fourth-order valence-electron chi connectivity index (χ4n) is 9.43. The zero-order chi connectivity index (χ0) is 17.4. The Morgan fingerprint density at radius 2 is 2.08 bits per heavy atom. The number of Topliss-reactive ketones (excluding diaryl/α,β-unsaturated/α-hetero) is 1. The highest BCUT2D eigenvalue weighted by Crippen LogP contribution is 2.78.